The van der Waals surface area contributed by atoms with Crippen LogP contribution in [0.3, 0.4) is 0 Å². The van der Waals surface area contributed by atoms with E-state index in [1.807, 2.05) is 0 Å². The van der Waals surface area contributed by atoms with Gasteiger partial charge in [0, 0.05) is 11.6 Å². The molecule has 2 aromatic rings. The molecule has 6 heteroatoms. The van der Waals surface area contributed by atoms with E-state index in [1.165, 1.54) is 6.07 Å². The summed E-state index contributed by atoms with van der Waals surface area (Å²) in [4.78, 5) is 12.6. The second kappa shape index (κ2) is 6.74. The number of aromatic hydroxyl groups is 1. The van der Waals surface area contributed by atoms with Crippen molar-refractivity contribution in [3.8, 4) is 17.2 Å². The van der Waals surface area contributed by atoms with Crippen LogP contribution in [0.5, 0.6) is 17.2 Å². The van der Waals surface area contributed by atoms with Crippen LogP contribution in [0.2, 0.25) is 0 Å². The van der Waals surface area contributed by atoms with Crippen molar-refractivity contribution in [3.05, 3.63) is 53.6 Å². The van der Waals surface area contributed by atoms with Crippen LogP contribution in [-0.4, -0.2) is 49.5 Å². The summed E-state index contributed by atoms with van der Waals surface area (Å²) >= 11 is 0. The second-order valence-electron chi connectivity index (χ2n) is 6.07. The first-order chi connectivity index (χ1) is 12.2. The number of carbonyl (C=O) groups excluding carboxylic acids is 1. The number of rotatable bonds is 8. The molecule has 2 heterocycles. The molecule has 0 saturated carbocycles. The fraction of sp³-hybridized carbons (Fsp3) is 0.316. The van der Waals surface area contributed by atoms with Crippen molar-refractivity contribution >= 4 is 5.78 Å². The summed E-state index contributed by atoms with van der Waals surface area (Å²) in [5.41, 5.74) is 0.709. The Morgan fingerprint density at radius 2 is 1.52 bits per heavy atom. The normalized spacial score (nSPS) is 20.8. The Morgan fingerprint density at radius 1 is 0.960 bits per heavy atom. The van der Waals surface area contributed by atoms with Gasteiger partial charge in [0.15, 0.2) is 5.78 Å². The molecule has 2 saturated heterocycles. The van der Waals surface area contributed by atoms with E-state index in [1.54, 1.807) is 36.4 Å². The third-order valence-corrected chi connectivity index (χ3v) is 4.01. The molecule has 25 heavy (non-hydrogen) atoms. The minimum Gasteiger partial charge on any atom is -0.507 e. The van der Waals surface area contributed by atoms with Gasteiger partial charge in [-0.2, -0.15) is 0 Å². The Balaban J connectivity index is 1.41. The van der Waals surface area contributed by atoms with Gasteiger partial charge in [-0.15, -0.1) is 0 Å². The van der Waals surface area contributed by atoms with Crippen molar-refractivity contribution in [2.45, 2.75) is 12.2 Å². The number of carbonyl (C=O) groups is 1. The van der Waals surface area contributed by atoms with E-state index < -0.39 is 0 Å². The first-order valence-corrected chi connectivity index (χ1v) is 8.15. The van der Waals surface area contributed by atoms with E-state index in [9.17, 15) is 9.90 Å². The number of ketones is 1. The van der Waals surface area contributed by atoms with E-state index >= 15 is 0 Å². The summed E-state index contributed by atoms with van der Waals surface area (Å²) < 4.78 is 21.2. The van der Waals surface area contributed by atoms with E-state index in [2.05, 4.69) is 0 Å². The SMILES string of the molecule is O=C(c1ccc(OCC2CO2)cc1)c1ccc(OCC2CO2)cc1O. The average Bonchev–Trinajstić information content (AvgIpc) is 3.53. The minimum atomic E-state index is -0.258. The molecule has 130 valence electrons. The minimum absolute atomic E-state index is 0.106. The smallest absolute Gasteiger partial charge is 0.196 e. The number of phenolic OH excluding ortho intramolecular Hbond substituents is 1. The van der Waals surface area contributed by atoms with Crippen LogP contribution in [0.4, 0.5) is 0 Å². The second-order valence-corrected chi connectivity index (χ2v) is 6.07. The highest BCUT2D eigenvalue weighted by Crippen LogP contribution is 2.27. The Kier molecular flexibility index (Phi) is 4.29. The lowest BCUT2D eigenvalue weighted by Crippen LogP contribution is -2.06. The molecule has 2 atom stereocenters. The van der Waals surface area contributed by atoms with Gasteiger partial charge >= 0.3 is 0 Å². The van der Waals surface area contributed by atoms with Gasteiger partial charge in [0.1, 0.15) is 42.7 Å². The molecule has 4 rings (SSSR count). The van der Waals surface area contributed by atoms with Crippen LogP contribution < -0.4 is 9.47 Å². The molecule has 0 aliphatic carbocycles. The van der Waals surface area contributed by atoms with Crippen molar-refractivity contribution in [2.24, 2.45) is 0 Å². The number of benzene rings is 2. The van der Waals surface area contributed by atoms with Crippen molar-refractivity contribution in [2.75, 3.05) is 26.4 Å². The molecule has 6 nitrogen and oxygen atoms in total. The lowest BCUT2D eigenvalue weighted by atomic mass is 10.0. The lowest BCUT2D eigenvalue weighted by molar-refractivity contribution is 0.103. The predicted molar refractivity (Wildman–Crippen MR) is 88.5 cm³/mol. The molecule has 0 bridgehead atoms. The van der Waals surface area contributed by atoms with Crippen LogP contribution >= 0.6 is 0 Å². The van der Waals surface area contributed by atoms with Crippen molar-refractivity contribution in [3.63, 3.8) is 0 Å². The summed E-state index contributed by atoms with van der Waals surface area (Å²) in [5, 5.41) is 10.1. The highest BCUT2D eigenvalue weighted by Gasteiger charge is 2.24. The number of hydrogen-bond donors (Lipinski definition) is 1. The van der Waals surface area contributed by atoms with Gasteiger partial charge in [-0.05, 0) is 36.4 Å². The predicted octanol–water partition coefficient (Wildman–Crippen LogP) is 2.18. The maximum atomic E-state index is 12.6. The topological polar surface area (TPSA) is 80.8 Å². The maximum Gasteiger partial charge on any atom is 0.196 e. The zero-order valence-corrected chi connectivity index (χ0v) is 13.5. The molecule has 2 aromatic carbocycles. The highest BCUT2D eigenvalue weighted by molar-refractivity contribution is 6.10. The maximum absolute atomic E-state index is 12.6. The molecule has 0 spiro atoms. The number of epoxide rings is 2. The van der Waals surface area contributed by atoms with E-state index in [-0.39, 0.29) is 29.3 Å². The highest BCUT2D eigenvalue weighted by atomic mass is 16.6. The first kappa shape index (κ1) is 15.9. The quantitative estimate of drug-likeness (QED) is 0.585. The Hall–Kier alpha value is -2.57. The summed E-state index contributed by atoms with van der Waals surface area (Å²) in [5.74, 6) is 0.829. The van der Waals surface area contributed by atoms with Crippen molar-refractivity contribution < 1.29 is 28.8 Å². The van der Waals surface area contributed by atoms with Gasteiger partial charge in [-0.1, -0.05) is 0 Å². The zero-order chi connectivity index (χ0) is 17.2. The van der Waals surface area contributed by atoms with Crippen LogP contribution in [0.1, 0.15) is 15.9 Å². The van der Waals surface area contributed by atoms with E-state index in [0.29, 0.717) is 36.9 Å². The lowest BCUT2D eigenvalue weighted by Gasteiger charge is -2.09. The Bertz CT molecular complexity index is 762. The number of phenols is 1. The number of ether oxygens (including phenoxy) is 4. The van der Waals surface area contributed by atoms with Gasteiger partial charge in [0.05, 0.1) is 18.8 Å². The van der Waals surface area contributed by atoms with E-state index in [4.69, 9.17) is 18.9 Å². The van der Waals surface area contributed by atoms with Crippen LogP contribution in [-0.2, 0) is 9.47 Å². The third kappa shape index (κ3) is 4.10. The van der Waals surface area contributed by atoms with Gasteiger partial charge in [-0.3, -0.25) is 4.79 Å². The molecule has 0 radical (unpaired) electrons. The first-order valence-electron chi connectivity index (χ1n) is 8.15. The van der Waals surface area contributed by atoms with Crippen molar-refractivity contribution in [1.82, 2.24) is 0 Å². The van der Waals surface area contributed by atoms with Crippen LogP contribution in [0.15, 0.2) is 42.5 Å². The van der Waals surface area contributed by atoms with E-state index in [0.717, 1.165) is 6.61 Å². The third-order valence-electron chi connectivity index (χ3n) is 4.01. The molecular formula is C19H18O6. The molecule has 2 fully saturated rings. The molecule has 1 N–H and O–H groups in total. The fourth-order valence-electron chi connectivity index (χ4n) is 2.36. The average molecular weight is 342 g/mol. The fourth-order valence-corrected chi connectivity index (χ4v) is 2.36. The Morgan fingerprint density at radius 3 is 2.08 bits per heavy atom. The zero-order valence-electron chi connectivity index (χ0n) is 13.5. The summed E-state index contributed by atoms with van der Waals surface area (Å²) in [7, 11) is 0. The molecule has 2 unspecified atom stereocenters. The molecule has 0 amide bonds. The largest absolute Gasteiger partial charge is 0.507 e. The van der Waals surface area contributed by atoms with Gasteiger partial charge in [0.2, 0.25) is 0 Å². The standard InChI is InChI=1S/C19H18O6/c20-18-7-14(23-9-16-11-25-16)5-6-17(18)19(21)12-1-3-13(4-2-12)22-8-15-10-24-15/h1-7,15-16,20H,8-11H2. The van der Waals surface area contributed by atoms with Gasteiger partial charge in [-0.25, -0.2) is 0 Å². The molecule has 2 aliphatic heterocycles. The van der Waals surface area contributed by atoms with Gasteiger partial charge < -0.3 is 24.1 Å². The van der Waals surface area contributed by atoms with Crippen LogP contribution in [0, 0.1) is 0 Å². The summed E-state index contributed by atoms with van der Waals surface area (Å²) in [6.45, 7) is 2.40. The van der Waals surface area contributed by atoms with Crippen molar-refractivity contribution in [1.29, 1.82) is 0 Å². The Labute approximate surface area is 144 Å². The monoisotopic (exact) mass is 342 g/mol. The van der Waals surface area contributed by atoms with Crippen LogP contribution in [0.25, 0.3) is 0 Å². The van der Waals surface area contributed by atoms with Gasteiger partial charge in [0.25, 0.3) is 0 Å². The summed E-state index contributed by atoms with van der Waals surface area (Å²) in [6.07, 6.45) is 0.320. The summed E-state index contributed by atoms with van der Waals surface area (Å²) in [6, 6.07) is 11.5. The molecule has 2 aliphatic rings. The molecule has 0 aromatic heterocycles. The number of hydrogen-bond acceptors (Lipinski definition) is 6. The molecular weight excluding hydrogens is 324 g/mol.